The second kappa shape index (κ2) is 7.09. The van der Waals surface area contributed by atoms with Gasteiger partial charge in [0.15, 0.2) is 0 Å². The lowest BCUT2D eigenvalue weighted by molar-refractivity contribution is 0.192. The summed E-state index contributed by atoms with van der Waals surface area (Å²) >= 11 is 0. The number of allylic oxidation sites excluding steroid dienone is 1. The Balaban J connectivity index is 1.72. The molecule has 2 heterocycles. The lowest BCUT2D eigenvalue weighted by atomic mass is 9.72. The van der Waals surface area contributed by atoms with Crippen LogP contribution in [0.1, 0.15) is 57.5 Å². The molecule has 0 saturated carbocycles. The Hall–Kier alpha value is -1.18. The van der Waals surface area contributed by atoms with E-state index in [9.17, 15) is 13.5 Å². The van der Waals surface area contributed by atoms with Crippen LogP contribution in [0.25, 0.3) is 0 Å². The smallest absolute Gasteiger partial charge is 0.150 e. The van der Waals surface area contributed by atoms with Crippen molar-refractivity contribution in [2.75, 3.05) is 25.1 Å². The molecule has 26 heavy (non-hydrogen) atoms. The molecule has 0 fully saturated rings. The van der Waals surface area contributed by atoms with Crippen LogP contribution in [0.2, 0.25) is 0 Å². The van der Waals surface area contributed by atoms with E-state index in [1.165, 1.54) is 24.8 Å². The summed E-state index contributed by atoms with van der Waals surface area (Å²) in [6.45, 7) is 10.4. The highest BCUT2D eigenvalue weighted by atomic mass is 32.2. The van der Waals surface area contributed by atoms with Crippen molar-refractivity contribution in [3.63, 3.8) is 0 Å². The molecule has 1 unspecified atom stereocenters. The fraction of sp³-hybridized carbons (Fsp3) is 0.737. The second-order valence-corrected chi connectivity index (χ2v) is 10.8. The molecule has 1 aliphatic carbocycles. The third-order valence-corrected chi connectivity index (χ3v) is 6.69. The van der Waals surface area contributed by atoms with Gasteiger partial charge in [0.25, 0.3) is 0 Å². The van der Waals surface area contributed by atoms with E-state index < -0.39 is 15.9 Å². The van der Waals surface area contributed by atoms with Crippen LogP contribution in [0.4, 0.5) is 0 Å². The fourth-order valence-electron chi connectivity index (χ4n) is 4.26. The molecular formula is C19H31N3O3S. The number of rotatable bonds is 5. The Morgan fingerprint density at radius 2 is 2.08 bits per heavy atom. The van der Waals surface area contributed by atoms with E-state index in [1.807, 2.05) is 10.7 Å². The van der Waals surface area contributed by atoms with Crippen molar-refractivity contribution in [3.8, 4) is 0 Å². The van der Waals surface area contributed by atoms with Gasteiger partial charge >= 0.3 is 0 Å². The zero-order valence-corrected chi connectivity index (χ0v) is 17.1. The molecule has 0 aromatic carbocycles. The predicted molar refractivity (Wildman–Crippen MR) is 103 cm³/mol. The number of sulfone groups is 1. The first-order valence-corrected chi connectivity index (χ1v) is 11.4. The molecule has 146 valence electrons. The zero-order chi connectivity index (χ0) is 19.1. The van der Waals surface area contributed by atoms with Crippen LogP contribution in [0.15, 0.2) is 17.2 Å². The largest absolute Gasteiger partial charge is 0.386 e. The van der Waals surface area contributed by atoms with Gasteiger partial charge in [0.2, 0.25) is 0 Å². The Bertz CT molecular complexity index is 808. The summed E-state index contributed by atoms with van der Waals surface area (Å²) in [6, 6.07) is 1.86. The average Bonchev–Trinajstić information content (AvgIpc) is 2.92. The van der Waals surface area contributed by atoms with Crippen molar-refractivity contribution < 1.29 is 13.5 Å². The van der Waals surface area contributed by atoms with Crippen LogP contribution in [0, 0.1) is 5.41 Å². The van der Waals surface area contributed by atoms with E-state index in [4.69, 9.17) is 0 Å². The Labute approximate surface area is 156 Å². The maximum atomic E-state index is 11.4. The van der Waals surface area contributed by atoms with Crippen LogP contribution in [0.3, 0.4) is 0 Å². The van der Waals surface area contributed by atoms with E-state index in [0.717, 1.165) is 38.1 Å². The first-order valence-electron chi connectivity index (χ1n) is 9.39. The molecule has 1 atom stereocenters. The third kappa shape index (κ3) is 4.38. The van der Waals surface area contributed by atoms with Crippen LogP contribution >= 0.6 is 0 Å². The van der Waals surface area contributed by atoms with Crippen LogP contribution in [0.5, 0.6) is 0 Å². The fourth-order valence-corrected chi connectivity index (χ4v) is 5.00. The molecular weight excluding hydrogens is 350 g/mol. The van der Waals surface area contributed by atoms with Gasteiger partial charge in [-0.25, -0.2) is 8.42 Å². The molecule has 1 aromatic rings. The number of fused-ring (bicyclic) bond motifs is 1. The number of aliphatic hydroxyl groups excluding tert-OH is 1. The molecule has 1 aromatic heterocycles. The van der Waals surface area contributed by atoms with Gasteiger partial charge in [0.05, 0.1) is 23.7 Å². The van der Waals surface area contributed by atoms with Crippen molar-refractivity contribution >= 4 is 9.84 Å². The molecule has 1 N–H and O–H groups in total. The summed E-state index contributed by atoms with van der Waals surface area (Å²) in [4.78, 5) is 2.44. The molecule has 1 aliphatic heterocycles. The van der Waals surface area contributed by atoms with Crippen LogP contribution in [-0.2, 0) is 22.9 Å². The van der Waals surface area contributed by atoms with E-state index in [-0.39, 0.29) is 11.2 Å². The summed E-state index contributed by atoms with van der Waals surface area (Å²) in [7, 11) is -3.24. The third-order valence-electron chi connectivity index (χ3n) is 5.77. The van der Waals surface area contributed by atoms with Crippen molar-refractivity contribution in [2.45, 2.75) is 59.2 Å². The highest BCUT2D eigenvalue weighted by molar-refractivity contribution is 7.90. The predicted octanol–water partition coefficient (Wildman–Crippen LogP) is 2.30. The van der Waals surface area contributed by atoms with Gasteiger partial charge in [-0.15, -0.1) is 0 Å². The maximum Gasteiger partial charge on any atom is 0.150 e. The van der Waals surface area contributed by atoms with Gasteiger partial charge in [-0.1, -0.05) is 25.0 Å². The number of aromatic nitrogens is 2. The minimum Gasteiger partial charge on any atom is -0.386 e. The lowest BCUT2D eigenvalue weighted by Gasteiger charge is -2.38. The summed E-state index contributed by atoms with van der Waals surface area (Å²) in [6.07, 6.45) is 3.80. The van der Waals surface area contributed by atoms with Gasteiger partial charge in [0.1, 0.15) is 15.9 Å². The Morgan fingerprint density at radius 1 is 1.35 bits per heavy atom. The van der Waals surface area contributed by atoms with E-state index in [0.29, 0.717) is 5.69 Å². The molecule has 7 heteroatoms. The minimum absolute atomic E-state index is 0.261. The number of hydrogen-bond donors (Lipinski definition) is 1. The lowest BCUT2D eigenvalue weighted by Crippen LogP contribution is -2.38. The summed E-state index contributed by atoms with van der Waals surface area (Å²) in [5.74, 6) is -0.284. The first-order chi connectivity index (χ1) is 12.0. The zero-order valence-electron chi connectivity index (χ0n) is 16.3. The second-order valence-electron chi connectivity index (χ2n) is 8.60. The van der Waals surface area contributed by atoms with Crippen molar-refractivity contribution in [1.29, 1.82) is 0 Å². The Morgan fingerprint density at radius 3 is 2.73 bits per heavy atom. The topological polar surface area (TPSA) is 75.4 Å². The van der Waals surface area contributed by atoms with Gasteiger partial charge < -0.3 is 5.11 Å². The summed E-state index contributed by atoms with van der Waals surface area (Å²) in [5, 5.41) is 14.6. The Kier molecular flexibility index (Phi) is 5.34. The highest BCUT2D eigenvalue weighted by Gasteiger charge is 2.31. The minimum atomic E-state index is -3.24. The summed E-state index contributed by atoms with van der Waals surface area (Å²) in [5.41, 5.74) is 4.86. The van der Waals surface area contributed by atoms with E-state index in [1.54, 1.807) is 5.57 Å². The quantitative estimate of drug-likeness (QED) is 0.792. The van der Waals surface area contributed by atoms with Gasteiger partial charge in [-0.3, -0.25) is 9.58 Å². The van der Waals surface area contributed by atoms with E-state index >= 15 is 0 Å². The van der Waals surface area contributed by atoms with Gasteiger partial charge in [0, 0.05) is 25.9 Å². The van der Waals surface area contributed by atoms with Crippen molar-refractivity contribution in [2.24, 2.45) is 5.41 Å². The molecule has 2 aliphatic rings. The molecule has 3 rings (SSSR count). The van der Waals surface area contributed by atoms with Crippen LogP contribution < -0.4 is 0 Å². The number of aliphatic hydroxyl groups is 1. The molecule has 0 saturated heterocycles. The maximum absolute atomic E-state index is 11.4. The normalized spacial score (nSPS) is 22.3. The number of hydrogen-bond acceptors (Lipinski definition) is 5. The molecule has 6 nitrogen and oxygen atoms in total. The van der Waals surface area contributed by atoms with Crippen LogP contribution in [-0.4, -0.2) is 53.3 Å². The molecule has 0 amide bonds. The summed E-state index contributed by atoms with van der Waals surface area (Å²) < 4.78 is 24.7. The molecule has 0 bridgehead atoms. The van der Waals surface area contributed by atoms with Gasteiger partial charge in [-0.05, 0) is 37.7 Å². The van der Waals surface area contributed by atoms with E-state index in [2.05, 4.69) is 30.8 Å². The number of nitrogens with zero attached hydrogens (tertiary/aromatic N) is 3. The van der Waals surface area contributed by atoms with Crippen molar-refractivity contribution in [3.05, 3.63) is 28.6 Å². The first kappa shape index (κ1) is 19.6. The SMILES string of the molecule is CC1=C(CN2CCn3nc(C(O)CS(C)(=O)=O)cc3C2)C(C)(C)CCC1. The van der Waals surface area contributed by atoms with Gasteiger partial charge in [-0.2, -0.15) is 5.10 Å². The molecule has 0 spiro atoms. The monoisotopic (exact) mass is 381 g/mol. The standard InChI is InChI=1S/C19H31N3O3S/c1-14-6-5-7-19(2,3)16(14)12-21-8-9-22-15(11-21)10-17(20-22)18(23)13-26(4,24)25/h10,18,23H,5-9,11-13H2,1-4H3. The highest BCUT2D eigenvalue weighted by Crippen LogP contribution is 2.40. The molecule has 0 radical (unpaired) electrons. The average molecular weight is 382 g/mol. The van der Waals surface area contributed by atoms with Crippen molar-refractivity contribution in [1.82, 2.24) is 14.7 Å².